The number of hydrogen-bond donors (Lipinski definition) is 10. The first kappa shape index (κ1) is 59.6. The quantitative estimate of drug-likeness (QED) is 0.0271. The minimum Gasteiger partial charge on any atom is -0.393 e. The predicted molar refractivity (Wildman–Crippen MR) is 248 cm³/mol. The van der Waals surface area contributed by atoms with E-state index in [-0.39, 0.29) is 53.8 Å². The minimum atomic E-state index is -5.59. The first-order valence-electron chi connectivity index (χ1n) is 22.3. The number of fused-ring (bicyclic) bond motifs is 1. The number of nitrogen functional groups attached to an aromatic ring is 1. The highest BCUT2D eigenvalue weighted by atomic mass is 32.2. The summed E-state index contributed by atoms with van der Waals surface area (Å²) in [5, 5.41) is 36.6. The van der Waals surface area contributed by atoms with Gasteiger partial charge >= 0.3 is 23.5 Å². The van der Waals surface area contributed by atoms with Crippen molar-refractivity contribution in [1.82, 2.24) is 30.2 Å². The van der Waals surface area contributed by atoms with E-state index in [0.29, 0.717) is 6.42 Å². The average molecular weight is 1050 g/mol. The maximum absolute atomic E-state index is 12.7. The second kappa shape index (κ2) is 28.9. The fraction of sp³-hybridized carbons (Fsp3) is 0.744. The molecule has 11 N–H and O–H groups in total. The number of hydrogen-bond acceptors (Lipinski definition) is 19. The number of unbranched alkanes of at least 4 members (excludes halogenated alkanes) is 9. The Morgan fingerprint density at radius 3 is 2.25 bits per heavy atom. The second-order valence-electron chi connectivity index (χ2n) is 16.8. The monoisotopic (exact) mass is 1050 g/mol. The third-order valence-corrected chi connectivity index (χ3v) is 14.5. The summed E-state index contributed by atoms with van der Waals surface area (Å²) in [4.78, 5) is 88.4. The topological polar surface area (TPSA) is 384 Å². The second-order valence-corrected chi connectivity index (χ2v) is 22.2. The standard InChI is InChI=1S/C39H68N7O18P3S/c1-4-5-6-7-8-9-10-11-12-13-14-15-16-17-27(47)22-30(49)68-21-20-41-29(48)18-19-42-37(52)34(51)39(2,3)24-61-67(58,59)64-66(56,57)60-23-28-33(63-65(53,54)55)32(50)38(62-28)46-26-45-31-35(40)43-25-44-36(31)46/h9-10,25-28,32-34,38,47,50-51H,4-8,11-24H2,1-3H3,(H,41,48)(H,42,52)(H,56,57)(H,58,59)(H2,40,43,44)(H2,53,54,55)/b10-9-/t27-,28+,32+,33+,34-,38+/m0/s1. The number of aliphatic hydroxyl groups is 3. The van der Waals surface area contributed by atoms with E-state index in [9.17, 15) is 63.0 Å². The molecule has 388 valence electrons. The molecule has 0 aromatic carbocycles. The van der Waals surface area contributed by atoms with Crippen LogP contribution in [0.4, 0.5) is 5.82 Å². The van der Waals surface area contributed by atoms with Gasteiger partial charge in [0, 0.05) is 37.1 Å². The van der Waals surface area contributed by atoms with Crippen LogP contribution < -0.4 is 16.4 Å². The van der Waals surface area contributed by atoms with Crippen molar-refractivity contribution in [1.29, 1.82) is 0 Å². The Morgan fingerprint density at radius 2 is 1.57 bits per heavy atom. The van der Waals surface area contributed by atoms with E-state index in [2.05, 4.69) is 53.5 Å². The van der Waals surface area contributed by atoms with Crippen molar-refractivity contribution < 1.29 is 85.6 Å². The molecule has 8 atom stereocenters. The number of anilines is 1. The van der Waals surface area contributed by atoms with Crippen LogP contribution in [0.25, 0.3) is 11.2 Å². The van der Waals surface area contributed by atoms with Crippen LogP contribution >= 0.6 is 35.2 Å². The Hall–Kier alpha value is -2.74. The van der Waals surface area contributed by atoms with Crippen LogP contribution in [0.2, 0.25) is 0 Å². The van der Waals surface area contributed by atoms with Crippen molar-refractivity contribution in [2.75, 3.05) is 37.8 Å². The molecule has 0 bridgehead atoms. The van der Waals surface area contributed by atoms with E-state index in [0.717, 1.165) is 73.9 Å². The molecule has 0 radical (unpaired) electrons. The number of nitrogens with two attached hydrogens (primary N) is 1. The van der Waals surface area contributed by atoms with Crippen LogP contribution in [-0.2, 0) is 50.7 Å². The molecule has 2 aromatic heterocycles. The van der Waals surface area contributed by atoms with Gasteiger partial charge in [-0.1, -0.05) is 89.6 Å². The lowest BCUT2D eigenvalue weighted by Crippen LogP contribution is -2.46. The average Bonchev–Trinajstić information content (AvgIpc) is 3.82. The molecule has 0 spiro atoms. The van der Waals surface area contributed by atoms with Crippen molar-refractivity contribution in [2.45, 2.75) is 147 Å². The molecule has 25 nitrogen and oxygen atoms in total. The smallest absolute Gasteiger partial charge is 0.393 e. The molecule has 2 unspecified atom stereocenters. The summed E-state index contributed by atoms with van der Waals surface area (Å²) in [5.41, 5.74) is 4.25. The molecule has 3 heterocycles. The van der Waals surface area contributed by atoms with Crippen molar-refractivity contribution in [3.63, 3.8) is 0 Å². The Bertz CT molecular complexity index is 2080. The normalized spacial score (nSPS) is 20.6. The summed E-state index contributed by atoms with van der Waals surface area (Å²) < 4.78 is 62.4. The number of phosphoric acid groups is 3. The predicted octanol–water partition coefficient (Wildman–Crippen LogP) is 3.67. The van der Waals surface area contributed by atoms with Crippen molar-refractivity contribution in [3.05, 3.63) is 24.8 Å². The molecular formula is C39H68N7O18P3S. The van der Waals surface area contributed by atoms with E-state index in [4.69, 9.17) is 19.5 Å². The van der Waals surface area contributed by atoms with Gasteiger partial charge in [-0.05, 0) is 32.1 Å². The number of amides is 2. The highest BCUT2D eigenvalue weighted by Gasteiger charge is 2.50. The van der Waals surface area contributed by atoms with Gasteiger partial charge in [0.25, 0.3) is 0 Å². The van der Waals surface area contributed by atoms with E-state index >= 15 is 0 Å². The molecule has 1 fully saturated rings. The SMILES string of the molecule is CCCCCC/C=C\CCCCCCC[C@H](O)CC(=O)SCCNC(=O)CCNC(=O)[C@H](O)C(C)(C)COP(=O)(O)OP(=O)(O)OC[C@H]1O[C@@H](n2cnc3c(N)ncnc32)[C@H](O)[C@@H]1OP(=O)(O)O. The van der Waals surface area contributed by atoms with Crippen LogP contribution in [0.1, 0.15) is 117 Å². The van der Waals surface area contributed by atoms with Gasteiger partial charge in [0.2, 0.25) is 11.8 Å². The number of imidazole rings is 1. The number of rotatable bonds is 34. The number of aromatic nitrogens is 4. The van der Waals surface area contributed by atoms with Gasteiger partial charge < -0.3 is 56.0 Å². The number of ether oxygens (including phenoxy) is 1. The summed E-state index contributed by atoms with van der Waals surface area (Å²) in [6.45, 7) is 2.60. The van der Waals surface area contributed by atoms with E-state index in [1.54, 1.807) is 0 Å². The Kier molecular flexibility index (Phi) is 25.4. The number of thioether (sulfide) groups is 1. The van der Waals surface area contributed by atoms with E-state index in [1.165, 1.54) is 39.5 Å². The lowest BCUT2D eigenvalue weighted by atomic mass is 9.87. The van der Waals surface area contributed by atoms with Gasteiger partial charge in [0.15, 0.2) is 22.8 Å². The number of aliphatic hydroxyl groups excluding tert-OH is 3. The molecule has 2 aromatic rings. The molecule has 68 heavy (non-hydrogen) atoms. The number of allylic oxidation sites excluding steroid dienone is 2. The van der Waals surface area contributed by atoms with Crippen LogP contribution in [0.5, 0.6) is 0 Å². The fourth-order valence-electron chi connectivity index (χ4n) is 6.75. The molecule has 0 saturated carbocycles. The van der Waals surface area contributed by atoms with Gasteiger partial charge in [-0.3, -0.25) is 32.5 Å². The van der Waals surface area contributed by atoms with Crippen molar-refractivity contribution in [3.8, 4) is 0 Å². The zero-order chi connectivity index (χ0) is 50.5. The number of nitrogens with one attached hydrogen (secondary N) is 2. The van der Waals surface area contributed by atoms with Crippen molar-refractivity contribution >= 4 is 69.1 Å². The highest BCUT2D eigenvalue weighted by molar-refractivity contribution is 8.13. The summed E-state index contributed by atoms with van der Waals surface area (Å²) in [7, 11) is -16.4. The summed E-state index contributed by atoms with van der Waals surface area (Å²) in [6.07, 6.45) is 9.93. The van der Waals surface area contributed by atoms with Gasteiger partial charge in [-0.25, -0.2) is 28.6 Å². The zero-order valence-electron chi connectivity index (χ0n) is 38.4. The molecule has 1 aliphatic heterocycles. The van der Waals surface area contributed by atoms with E-state index in [1.807, 2.05) is 0 Å². The lowest BCUT2D eigenvalue weighted by Gasteiger charge is -2.30. The molecule has 2 amide bonds. The largest absolute Gasteiger partial charge is 0.481 e. The fourth-order valence-corrected chi connectivity index (χ4v) is 10.3. The minimum absolute atomic E-state index is 0.0174. The molecular weight excluding hydrogens is 979 g/mol. The van der Waals surface area contributed by atoms with Crippen molar-refractivity contribution in [2.24, 2.45) is 5.41 Å². The highest BCUT2D eigenvalue weighted by Crippen LogP contribution is 2.61. The van der Waals surface area contributed by atoms with Crippen LogP contribution in [-0.4, -0.2) is 134 Å². The number of phosphoric ester groups is 3. The lowest BCUT2D eigenvalue weighted by molar-refractivity contribution is -0.137. The molecule has 1 saturated heterocycles. The third kappa shape index (κ3) is 21.7. The number of nitrogens with zero attached hydrogens (tertiary/aromatic N) is 4. The molecule has 1 aliphatic rings. The number of carbonyl (C=O) groups excluding carboxylic acids is 3. The van der Waals surface area contributed by atoms with Crippen LogP contribution in [0, 0.1) is 5.41 Å². The van der Waals surface area contributed by atoms with Crippen LogP contribution in [0.3, 0.4) is 0 Å². The van der Waals surface area contributed by atoms with Gasteiger partial charge in [0.05, 0.1) is 25.6 Å². The summed E-state index contributed by atoms with van der Waals surface area (Å²) >= 11 is 0.994. The third-order valence-electron chi connectivity index (χ3n) is 10.5. The van der Waals surface area contributed by atoms with Crippen LogP contribution in [0.15, 0.2) is 24.8 Å². The summed E-state index contributed by atoms with van der Waals surface area (Å²) in [6, 6.07) is 0. The Balaban J connectivity index is 1.32. The first-order chi connectivity index (χ1) is 31.9. The first-order valence-corrected chi connectivity index (χ1v) is 27.8. The number of carbonyl (C=O) groups is 3. The summed E-state index contributed by atoms with van der Waals surface area (Å²) in [5.74, 6) is -1.23. The van der Waals surface area contributed by atoms with Gasteiger partial charge in [-0.15, -0.1) is 0 Å². The molecule has 3 rings (SSSR count). The zero-order valence-corrected chi connectivity index (χ0v) is 41.9. The van der Waals surface area contributed by atoms with E-state index < -0.39 is 90.7 Å². The Morgan fingerprint density at radius 1 is 0.926 bits per heavy atom. The maximum atomic E-state index is 12.7. The van der Waals surface area contributed by atoms with Gasteiger partial charge in [-0.2, -0.15) is 4.31 Å². The van der Waals surface area contributed by atoms with Gasteiger partial charge in [0.1, 0.15) is 36.3 Å². The Labute approximate surface area is 399 Å². The maximum Gasteiger partial charge on any atom is 0.481 e. The molecule has 0 aliphatic carbocycles. The molecule has 29 heteroatoms.